The van der Waals surface area contributed by atoms with Gasteiger partial charge in [-0.3, -0.25) is 4.79 Å². The first kappa shape index (κ1) is 21.5. The molecule has 0 bridgehead atoms. The minimum atomic E-state index is -0.996. The number of ketones is 1. The average Bonchev–Trinajstić information content (AvgIpc) is 3.09. The lowest BCUT2D eigenvalue weighted by atomic mass is 10.1. The van der Waals surface area contributed by atoms with Crippen molar-refractivity contribution in [1.29, 1.82) is 0 Å². The van der Waals surface area contributed by atoms with E-state index in [4.69, 9.17) is 9.47 Å². The summed E-state index contributed by atoms with van der Waals surface area (Å²) in [4.78, 5) is 40.4. The number of esters is 2. The normalized spacial score (nSPS) is 12.0. The van der Waals surface area contributed by atoms with Crippen molar-refractivity contribution >= 4 is 17.7 Å². The van der Waals surface area contributed by atoms with Crippen LogP contribution in [0.1, 0.15) is 74.6 Å². The van der Waals surface area contributed by atoms with Crippen molar-refractivity contribution in [2.75, 3.05) is 6.61 Å². The van der Waals surface area contributed by atoms with E-state index in [9.17, 15) is 14.4 Å². The zero-order chi connectivity index (χ0) is 21.2. The molecule has 0 aliphatic heterocycles. The van der Waals surface area contributed by atoms with Crippen molar-refractivity contribution < 1.29 is 23.9 Å². The number of H-pyrrole nitrogens is 1. The summed E-state index contributed by atoms with van der Waals surface area (Å²) < 4.78 is 12.5. The molecule has 2 aromatic rings. The number of ether oxygens (including phenoxy) is 2. The molecule has 7 nitrogen and oxygen atoms in total. The van der Waals surface area contributed by atoms with Gasteiger partial charge in [-0.2, -0.15) is 0 Å². The van der Waals surface area contributed by atoms with Gasteiger partial charge in [-0.25, -0.2) is 9.59 Å². The molecule has 28 heavy (non-hydrogen) atoms. The Balaban J connectivity index is 2.23. The van der Waals surface area contributed by atoms with Crippen LogP contribution >= 0.6 is 0 Å². The van der Waals surface area contributed by atoms with Crippen LogP contribution in [0.15, 0.2) is 6.07 Å². The van der Waals surface area contributed by atoms with Gasteiger partial charge in [0.05, 0.1) is 23.4 Å². The number of nitrogens with zero attached hydrogens (tertiary/aromatic N) is 1. The second kappa shape index (κ2) is 8.46. The Hall–Kier alpha value is -2.83. The van der Waals surface area contributed by atoms with Crippen molar-refractivity contribution in [3.05, 3.63) is 45.5 Å². The molecule has 0 aliphatic carbocycles. The van der Waals surface area contributed by atoms with E-state index in [-0.39, 0.29) is 12.3 Å². The highest BCUT2D eigenvalue weighted by Gasteiger charge is 2.28. The van der Waals surface area contributed by atoms with E-state index in [1.165, 1.54) is 6.92 Å². The monoisotopic (exact) mass is 388 g/mol. The number of nitrogens with one attached hydrogen (secondary N) is 1. The summed E-state index contributed by atoms with van der Waals surface area (Å²) in [6, 6.07) is 1.77. The molecular weight excluding hydrogens is 360 g/mol. The van der Waals surface area contributed by atoms with E-state index in [0.717, 1.165) is 17.9 Å². The van der Waals surface area contributed by atoms with Crippen LogP contribution in [0.2, 0.25) is 0 Å². The first-order chi connectivity index (χ1) is 13.1. The molecule has 1 atom stereocenters. The molecular formula is C21H28N2O5. The van der Waals surface area contributed by atoms with E-state index < -0.39 is 23.8 Å². The fourth-order valence-corrected chi connectivity index (χ4v) is 3.48. The summed E-state index contributed by atoms with van der Waals surface area (Å²) >= 11 is 0. The lowest BCUT2D eigenvalue weighted by molar-refractivity contribution is 0.0316. The van der Waals surface area contributed by atoms with Crippen LogP contribution in [0.25, 0.3) is 0 Å². The molecule has 0 saturated heterocycles. The number of carbonyl (C=O) groups is 3. The Labute approximate surface area is 165 Å². The number of aryl methyl sites for hydroxylation is 2. The molecule has 2 rings (SSSR count). The van der Waals surface area contributed by atoms with E-state index >= 15 is 0 Å². The van der Waals surface area contributed by atoms with Crippen LogP contribution in [0.4, 0.5) is 0 Å². The number of hydrogen-bond acceptors (Lipinski definition) is 5. The predicted octanol–water partition coefficient (Wildman–Crippen LogP) is 3.67. The van der Waals surface area contributed by atoms with Gasteiger partial charge in [-0.15, -0.1) is 0 Å². The smallest absolute Gasteiger partial charge is 0.340 e. The number of aromatic nitrogens is 2. The minimum Gasteiger partial charge on any atom is -0.462 e. The third-order valence-corrected chi connectivity index (χ3v) is 4.93. The van der Waals surface area contributed by atoms with Crippen molar-refractivity contribution in [2.24, 2.45) is 0 Å². The number of carbonyl (C=O) groups excluding carboxylic acids is 3. The number of aromatic amines is 1. The highest BCUT2D eigenvalue weighted by Crippen LogP contribution is 2.22. The molecule has 0 aliphatic rings. The van der Waals surface area contributed by atoms with Gasteiger partial charge in [-0.1, -0.05) is 0 Å². The van der Waals surface area contributed by atoms with Crippen molar-refractivity contribution in [3.63, 3.8) is 0 Å². The summed E-state index contributed by atoms with van der Waals surface area (Å²) in [6.07, 6.45) is -0.996. The topological polar surface area (TPSA) is 90.4 Å². The first-order valence-corrected chi connectivity index (χ1v) is 9.42. The third kappa shape index (κ3) is 3.88. The van der Waals surface area contributed by atoms with E-state index in [0.29, 0.717) is 22.4 Å². The van der Waals surface area contributed by atoms with Crippen LogP contribution in [0, 0.1) is 27.7 Å². The maximum absolute atomic E-state index is 12.8. The van der Waals surface area contributed by atoms with Crippen LogP contribution in [0.5, 0.6) is 0 Å². The zero-order valence-corrected chi connectivity index (χ0v) is 17.6. The van der Waals surface area contributed by atoms with Gasteiger partial charge < -0.3 is 19.0 Å². The summed E-state index contributed by atoms with van der Waals surface area (Å²) in [5, 5.41) is 0. The first-order valence-electron chi connectivity index (χ1n) is 9.42. The van der Waals surface area contributed by atoms with Crippen molar-refractivity contribution in [1.82, 2.24) is 9.55 Å². The molecule has 1 N–H and O–H groups in total. The van der Waals surface area contributed by atoms with Gasteiger partial charge in [0.15, 0.2) is 6.10 Å². The Bertz CT molecular complexity index is 920. The van der Waals surface area contributed by atoms with Gasteiger partial charge in [0.2, 0.25) is 5.78 Å². The molecule has 0 spiro atoms. The molecule has 2 heterocycles. The zero-order valence-electron chi connectivity index (χ0n) is 17.6. The van der Waals surface area contributed by atoms with E-state index in [2.05, 4.69) is 4.98 Å². The second-order valence-electron chi connectivity index (χ2n) is 6.79. The van der Waals surface area contributed by atoms with Gasteiger partial charge in [0.1, 0.15) is 0 Å². The Morgan fingerprint density at radius 2 is 1.75 bits per heavy atom. The molecule has 0 saturated carbocycles. The Morgan fingerprint density at radius 3 is 2.29 bits per heavy atom. The fraction of sp³-hybridized carbons (Fsp3) is 0.476. The van der Waals surface area contributed by atoms with Crippen LogP contribution in [0.3, 0.4) is 0 Å². The molecule has 0 aromatic carbocycles. The molecule has 152 valence electrons. The second-order valence-corrected chi connectivity index (χ2v) is 6.79. The number of rotatable bonds is 7. The summed E-state index contributed by atoms with van der Waals surface area (Å²) in [7, 11) is 0. The van der Waals surface area contributed by atoms with Crippen molar-refractivity contribution in [2.45, 2.75) is 61.1 Å². The summed E-state index contributed by atoms with van der Waals surface area (Å²) in [5.41, 5.74) is 3.85. The molecule has 7 heteroatoms. The number of Topliss-reactive ketones (excluding diaryl/α,β-unsaturated/α-hetero) is 1. The van der Waals surface area contributed by atoms with E-state index in [1.54, 1.807) is 26.8 Å². The van der Waals surface area contributed by atoms with Crippen LogP contribution in [-0.2, 0) is 16.0 Å². The quantitative estimate of drug-likeness (QED) is 0.577. The average molecular weight is 388 g/mol. The van der Waals surface area contributed by atoms with Crippen LogP contribution < -0.4 is 0 Å². The van der Waals surface area contributed by atoms with Gasteiger partial charge in [0, 0.05) is 23.6 Å². The number of hydrogen-bond donors (Lipinski definition) is 1. The molecule has 0 radical (unpaired) electrons. The molecule has 0 fully saturated rings. The fourth-order valence-electron chi connectivity index (χ4n) is 3.48. The molecule has 1 unspecified atom stereocenters. The Morgan fingerprint density at radius 1 is 1.11 bits per heavy atom. The highest BCUT2D eigenvalue weighted by atomic mass is 16.5. The predicted molar refractivity (Wildman–Crippen MR) is 105 cm³/mol. The molecule has 2 aromatic heterocycles. The SMILES string of the molecule is CCOC(=O)c1c(C)[nH]c(C(=O)C(C)OC(=O)c2cc(C)n(CC)c2C)c1C. The minimum absolute atomic E-state index is 0.246. The largest absolute Gasteiger partial charge is 0.462 e. The molecule has 0 amide bonds. The van der Waals surface area contributed by atoms with E-state index in [1.807, 2.05) is 25.3 Å². The highest BCUT2D eigenvalue weighted by molar-refractivity contribution is 6.04. The van der Waals surface area contributed by atoms with Gasteiger partial charge >= 0.3 is 11.9 Å². The lowest BCUT2D eigenvalue weighted by Crippen LogP contribution is -2.25. The standard InChI is InChI=1S/C21H28N2O5/c1-8-23-11(3)10-16(14(23)6)20(25)28-15(7)19(24)18-12(4)17(13(5)22-18)21(26)27-9-2/h10,15,22H,8-9H2,1-7H3. The maximum Gasteiger partial charge on any atom is 0.340 e. The lowest BCUT2D eigenvalue weighted by Gasteiger charge is -2.12. The Kier molecular flexibility index (Phi) is 6.48. The van der Waals surface area contributed by atoms with Gasteiger partial charge in [-0.05, 0) is 60.1 Å². The van der Waals surface area contributed by atoms with Gasteiger partial charge in [0.25, 0.3) is 0 Å². The summed E-state index contributed by atoms with van der Waals surface area (Å²) in [6.45, 7) is 13.4. The van der Waals surface area contributed by atoms with Crippen LogP contribution in [-0.4, -0.2) is 40.0 Å². The maximum atomic E-state index is 12.8. The third-order valence-electron chi connectivity index (χ3n) is 4.93. The van der Waals surface area contributed by atoms with Crippen molar-refractivity contribution in [3.8, 4) is 0 Å². The summed E-state index contributed by atoms with van der Waals surface area (Å²) in [5.74, 6) is -1.42.